The summed E-state index contributed by atoms with van der Waals surface area (Å²) < 4.78 is 2.47. The van der Waals surface area contributed by atoms with Crippen molar-refractivity contribution in [2.75, 3.05) is 13.7 Å². The summed E-state index contributed by atoms with van der Waals surface area (Å²) in [6.07, 6.45) is 6.53. The highest BCUT2D eigenvalue weighted by atomic mass is 32.1. The third-order valence-electron chi connectivity index (χ3n) is 1.06. The first-order valence-electron chi connectivity index (χ1n) is 2.68. The van der Waals surface area contributed by atoms with Gasteiger partial charge in [0, 0.05) is 13.3 Å². The Balaban J connectivity index is 4.35. The summed E-state index contributed by atoms with van der Waals surface area (Å²) in [7, 11) is 1.58. The van der Waals surface area contributed by atoms with E-state index in [2.05, 4.69) is 28.4 Å². The number of nitrogens with one attached hydrogen (secondary N) is 1. The van der Waals surface area contributed by atoms with Crippen molar-refractivity contribution in [2.24, 2.45) is 4.99 Å². The van der Waals surface area contributed by atoms with Crippen LogP contribution in [-0.4, -0.2) is 30.5 Å². The molecule has 0 radical (unpaired) electrons. The van der Waals surface area contributed by atoms with E-state index < -0.39 is 5.54 Å². The van der Waals surface area contributed by atoms with Crippen molar-refractivity contribution < 1.29 is 5.11 Å². The van der Waals surface area contributed by atoms with Crippen molar-refractivity contribution in [3.8, 4) is 12.3 Å². The summed E-state index contributed by atoms with van der Waals surface area (Å²) in [5, 5.41) is 8.76. The summed E-state index contributed by atoms with van der Waals surface area (Å²) in [5.41, 5.74) is -0.919. The molecule has 0 aliphatic rings. The molecule has 0 aromatic carbocycles. The molecule has 0 amide bonds. The van der Waals surface area contributed by atoms with Crippen LogP contribution >= 0.6 is 12.8 Å². The Bertz CT molecular complexity index is 158. The van der Waals surface area contributed by atoms with Crippen molar-refractivity contribution in [2.45, 2.75) is 5.54 Å². The van der Waals surface area contributed by atoms with Crippen LogP contribution in [0.5, 0.6) is 0 Å². The Morgan fingerprint density at radius 1 is 2.00 bits per heavy atom. The van der Waals surface area contributed by atoms with Crippen LogP contribution in [0.1, 0.15) is 0 Å². The smallest absolute Gasteiger partial charge is 0.147 e. The van der Waals surface area contributed by atoms with Gasteiger partial charge in [0.2, 0.25) is 0 Å². The number of hydrogen-bond donors (Lipinski definition) is 3. The third kappa shape index (κ3) is 2.03. The largest absolute Gasteiger partial charge is 0.393 e. The van der Waals surface area contributed by atoms with E-state index in [1.807, 2.05) is 0 Å². The van der Waals surface area contributed by atoms with Gasteiger partial charge in [-0.1, -0.05) is 18.7 Å². The Labute approximate surface area is 66.1 Å². The molecule has 0 fully saturated rings. The van der Waals surface area contributed by atoms with Crippen molar-refractivity contribution in [1.82, 2.24) is 4.72 Å². The van der Waals surface area contributed by atoms with E-state index in [1.165, 1.54) is 6.21 Å². The minimum absolute atomic E-state index is 0.218. The number of terminal acetylenes is 1. The molecule has 56 valence electrons. The predicted molar refractivity (Wildman–Crippen MR) is 45.2 cm³/mol. The van der Waals surface area contributed by atoms with E-state index in [0.29, 0.717) is 0 Å². The highest BCUT2D eigenvalue weighted by Crippen LogP contribution is 1.98. The summed E-state index contributed by atoms with van der Waals surface area (Å²) in [6, 6.07) is 0. The number of aliphatic hydroxyl groups is 1. The van der Waals surface area contributed by atoms with Gasteiger partial charge >= 0.3 is 0 Å². The molecule has 2 N–H and O–H groups in total. The number of nitrogens with zero attached hydrogens (tertiary/aromatic N) is 1. The summed E-state index contributed by atoms with van der Waals surface area (Å²) in [4.78, 5) is 3.68. The van der Waals surface area contributed by atoms with Gasteiger partial charge in [0.1, 0.15) is 5.54 Å². The first-order chi connectivity index (χ1) is 4.74. The first kappa shape index (κ1) is 9.50. The molecule has 0 spiro atoms. The van der Waals surface area contributed by atoms with Gasteiger partial charge in [-0.05, 0) is 0 Å². The van der Waals surface area contributed by atoms with Gasteiger partial charge in [0.25, 0.3) is 0 Å². The fourth-order valence-corrected chi connectivity index (χ4v) is 0.634. The number of aliphatic imine (C=N–C) groups is 1. The van der Waals surface area contributed by atoms with E-state index in [1.54, 1.807) is 7.05 Å². The SMILES string of the molecule is C#CC(C=NC)(CO)NS. The van der Waals surface area contributed by atoms with Gasteiger partial charge in [-0.15, -0.1) is 6.42 Å². The fraction of sp³-hybridized carbons (Fsp3) is 0.500. The molecule has 0 bridgehead atoms. The Morgan fingerprint density at radius 3 is 2.70 bits per heavy atom. The minimum Gasteiger partial charge on any atom is -0.393 e. The summed E-state index contributed by atoms with van der Waals surface area (Å²) in [6.45, 7) is -0.218. The second-order valence-corrected chi connectivity index (χ2v) is 2.00. The average molecular weight is 158 g/mol. The van der Waals surface area contributed by atoms with Gasteiger partial charge < -0.3 is 5.11 Å². The summed E-state index contributed by atoms with van der Waals surface area (Å²) in [5.74, 6) is 2.33. The fourth-order valence-electron chi connectivity index (χ4n) is 0.441. The highest BCUT2D eigenvalue weighted by Gasteiger charge is 2.21. The standard InChI is InChI=1S/C6H10N2OS/c1-3-6(5-9,8-10)4-7-2/h1,4,8-10H,5H2,2H3. The molecule has 0 saturated heterocycles. The van der Waals surface area contributed by atoms with Crippen LogP contribution in [0, 0.1) is 12.3 Å². The molecule has 0 aromatic heterocycles. The monoisotopic (exact) mass is 158 g/mol. The Hall–Kier alpha value is -0.500. The van der Waals surface area contributed by atoms with E-state index in [-0.39, 0.29) is 6.61 Å². The van der Waals surface area contributed by atoms with Crippen LogP contribution in [0.25, 0.3) is 0 Å². The molecular weight excluding hydrogens is 148 g/mol. The molecule has 1 unspecified atom stereocenters. The van der Waals surface area contributed by atoms with Crippen LogP contribution in [-0.2, 0) is 0 Å². The van der Waals surface area contributed by atoms with Crippen molar-refractivity contribution in [1.29, 1.82) is 0 Å². The van der Waals surface area contributed by atoms with Gasteiger partial charge in [-0.3, -0.25) is 4.99 Å². The molecule has 1 atom stereocenters. The minimum atomic E-state index is -0.919. The van der Waals surface area contributed by atoms with Crippen LogP contribution in [0.3, 0.4) is 0 Å². The van der Waals surface area contributed by atoms with E-state index in [9.17, 15) is 0 Å². The lowest BCUT2D eigenvalue weighted by Crippen LogP contribution is -2.44. The first-order valence-corrected chi connectivity index (χ1v) is 3.12. The maximum atomic E-state index is 8.76. The molecule has 0 saturated carbocycles. The molecule has 0 aromatic rings. The van der Waals surface area contributed by atoms with Gasteiger partial charge in [-0.2, -0.15) is 0 Å². The Morgan fingerprint density at radius 2 is 2.60 bits per heavy atom. The molecule has 0 heterocycles. The topological polar surface area (TPSA) is 44.6 Å². The maximum Gasteiger partial charge on any atom is 0.147 e. The summed E-state index contributed by atoms with van der Waals surface area (Å²) >= 11 is 3.75. The van der Waals surface area contributed by atoms with Crippen LogP contribution in [0.2, 0.25) is 0 Å². The predicted octanol–water partition coefficient (Wildman–Crippen LogP) is -0.514. The van der Waals surface area contributed by atoms with Crippen LogP contribution in [0.4, 0.5) is 0 Å². The molecule has 0 aliphatic carbocycles. The molecule has 0 rings (SSSR count). The van der Waals surface area contributed by atoms with E-state index in [0.717, 1.165) is 0 Å². The van der Waals surface area contributed by atoms with E-state index in [4.69, 9.17) is 11.5 Å². The van der Waals surface area contributed by atoms with Crippen LogP contribution in [0.15, 0.2) is 4.99 Å². The second-order valence-electron chi connectivity index (χ2n) is 1.77. The lowest BCUT2D eigenvalue weighted by molar-refractivity contribution is 0.262. The van der Waals surface area contributed by atoms with Crippen molar-refractivity contribution in [3.63, 3.8) is 0 Å². The molecule has 3 nitrogen and oxygen atoms in total. The number of aliphatic hydroxyl groups excluding tert-OH is 1. The van der Waals surface area contributed by atoms with Crippen LogP contribution < -0.4 is 4.72 Å². The quantitative estimate of drug-likeness (QED) is 0.294. The lowest BCUT2D eigenvalue weighted by Gasteiger charge is -2.18. The lowest BCUT2D eigenvalue weighted by atomic mass is 10.1. The highest BCUT2D eigenvalue weighted by molar-refractivity contribution is 7.78. The zero-order valence-corrected chi connectivity index (χ0v) is 6.60. The number of hydrogen-bond acceptors (Lipinski definition) is 4. The molecular formula is C6H10N2OS. The number of thiol groups is 1. The van der Waals surface area contributed by atoms with Gasteiger partial charge in [-0.25, -0.2) is 4.72 Å². The maximum absolute atomic E-state index is 8.76. The molecule has 10 heavy (non-hydrogen) atoms. The Kier molecular flexibility index (Phi) is 4.12. The van der Waals surface area contributed by atoms with Gasteiger partial charge in [0.05, 0.1) is 6.61 Å². The molecule has 0 aliphatic heterocycles. The zero-order chi connectivity index (χ0) is 8.04. The van der Waals surface area contributed by atoms with Crippen molar-refractivity contribution >= 4 is 19.0 Å². The second kappa shape index (κ2) is 4.34. The number of rotatable bonds is 3. The molecule has 4 heteroatoms. The van der Waals surface area contributed by atoms with Gasteiger partial charge in [0.15, 0.2) is 0 Å². The van der Waals surface area contributed by atoms with E-state index >= 15 is 0 Å². The van der Waals surface area contributed by atoms with Crippen molar-refractivity contribution in [3.05, 3.63) is 0 Å². The normalized spacial score (nSPS) is 16.6. The average Bonchev–Trinajstić information content (AvgIpc) is 2.01. The zero-order valence-electron chi connectivity index (χ0n) is 5.70. The third-order valence-corrected chi connectivity index (χ3v) is 1.45.